The van der Waals surface area contributed by atoms with Crippen LogP contribution in [0, 0.1) is 25.7 Å². The molecule has 1 aromatic rings. The number of carbonyl (C=O) groups excluding carboxylic acids is 4. The predicted octanol–water partition coefficient (Wildman–Crippen LogP) is 1.96. The van der Waals surface area contributed by atoms with E-state index in [1.165, 1.54) is 4.90 Å². The number of nitrogens with zero attached hydrogens (tertiary/aromatic N) is 2. The zero-order valence-corrected chi connectivity index (χ0v) is 24.0. The number of allylic oxidation sites excluding steroid dienone is 1. The lowest BCUT2D eigenvalue weighted by Gasteiger charge is -2.38. The predicted molar refractivity (Wildman–Crippen MR) is 151 cm³/mol. The Balaban J connectivity index is 1.63. The van der Waals surface area contributed by atoms with Gasteiger partial charge in [0.25, 0.3) is 5.91 Å². The first-order valence-corrected chi connectivity index (χ1v) is 14.4. The monoisotopic (exact) mass is 565 g/mol. The maximum Gasteiger partial charge on any atom is 0.313 e. The Morgan fingerprint density at radius 2 is 1.93 bits per heavy atom. The van der Waals surface area contributed by atoms with Crippen molar-refractivity contribution in [1.82, 2.24) is 10.2 Å². The van der Waals surface area contributed by atoms with Gasteiger partial charge < -0.3 is 29.7 Å². The highest BCUT2D eigenvalue weighted by Gasteiger charge is 2.72. The van der Waals surface area contributed by atoms with Crippen molar-refractivity contribution in [3.63, 3.8) is 0 Å². The van der Waals surface area contributed by atoms with Crippen LogP contribution in [0.3, 0.4) is 0 Å². The fourth-order valence-corrected chi connectivity index (χ4v) is 6.64. The fraction of sp³-hybridized carbons (Fsp3) is 0.548. The Morgan fingerprint density at radius 1 is 1.15 bits per heavy atom. The molecule has 220 valence electrons. The molecule has 41 heavy (non-hydrogen) atoms. The average Bonchev–Trinajstić information content (AvgIpc) is 3.33. The third-order valence-corrected chi connectivity index (χ3v) is 8.70. The number of aliphatic hydroxyl groups is 1. The second-order valence-corrected chi connectivity index (χ2v) is 11.5. The molecule has 5 rings (SSSR count). The van der Waals surface area contributed by atoms with Crippen LogP contribution in [0.15, 0.2) is 42.5 Å². The second kappa shape index (κ2) is 11.4. The first-order valence-electron chi connectivity index (χ1n) is 14.4. The average molecular weight is 566 g/mol. The molecule has 4 heterocycles. The fourth-order valence-electron chi connectivity index (χ4n) is 6.64. The number of cyclic esters (lactones) is 1. The smallest absolute Gasteiger partial charge is 0.313 e. The number of nitrogens with one attached hydrogen (secondary N) is 1. The highest BCUT2D eigenvalue weighted by molar-refractivity contribution is 6.06. The molecule has 0 radical (unpaired) electrons. The zero-order valence-electron chi connectivity index (χ0n) is 24.0. The van der Waals surface area contributed by atoms with Gasteiger partial charge in [0.05, 0.1) is 31.2 Å². The van der Waals surface area contributed by atoms with E-state index in [0.29, 0.717) is 12.8 Å². The molecular weight excluding hydrogens is 526 g/mol. The zero-order chi connectivity index (χ0) is 29.5. The number of aryl methyl sites for hydroxylation is 2. The first kappa shape index (κ1) is 29.0. The van der Waals surface area contributed by atoms with Crippen molar-refractivity contribution in [1.29, 1.82) is 0 Å². The van der Waals surface area contributed by atoms with Crippen molar-refractivity contribution in [2.75, 3.05) is 24.6 Å². The van der Waals surface area contributed by atoms with E-state index >= 15 is 0 Å². The minimum atomic E-state index is -1.45. The van der Waals surface area contributed by atoms with Crippen molar-refractivity contribution < 1.29 is 33.8 Å². The van der Waals surface area contributed by atoms with E-state index in [0.717, 1.165) is 16.8 Å². The molecule has 2 fully saturated rings. The van der Waals surface area contributed by atoms with Gasteiger partial charge in [-0.15, -0.1) is 0 Å². The highest BCUT2D eigenvalue weighted by Crippen LogP contribution is 2.54. The molecule has 0 saturated carbocycles. The number of aliphatic hydroxyl groups excluding tert-OH is 1. The largest absolute Gasteiger partial charge is 0.460 e. The molecule has 3 amide bonds. The van der Waals surface area contributed by atoms with Gasteiger partial charge in [0.1, 0.15) is 23.7 Å². The lowest BCUT2D eigenvalue weighted by Crippen LogP contribution is -2.58. The van der Waals surface area contributed by atoms with Crippen molar-refractivity contribution in [2.24, 2.45) is 11.8 Å². The molecule has 0 aliphatic carbocycles. The van der Waals surface area contributed by atoms with Gasteiger partial charge in [0.15, 0.2) is 0 Å². The van der Waals surface area contributed by atoms with E-state index in [9.17, 15) is 24.3 Å². The van der Waals surface area contributed by atoms with E-state index in [-0.39, 0.29) is 37.9 Å². The van der Waals surface area contributed by atoms with Gasteiger partial charge in [0.2, 0.25) is 11.8 Å². The SMILES string of the molecule is CC[C@@H](CO)N1C(=O)[C@@H]2[C@H]3C(=O)O[C@H](C)CNC(=O)CC/C=C\[C@H]3O[C@@]23C=CCN(c2cc(C)ccc2C)C(=O)[C@@H]13. The van der Waals surface area contributed by atoms with E-state index in [4.69, 9.17) is 9.47 Å². The Hall–Kier alpha value is -3.50. The second-order valence-electron chi connectivity index (χ2n) is 11.5. The van der Waals surface area contributed by atoms with Crippen LogP contribution in [0.4, 0.5) is 5.69 Å². The molecule has 10 nitrogen and oxygen atoms in total. The summed E-state index contributed by atoms with van der Waals surface area (Å²) < 4.78 is 12.4. The van der Waals surface area contributed by atoms with Gasteiger partial charge >= 0.3 is 5.97 Å². The van der Waals surface area contributed by atoms with Crippen molar-refractivity contribution in [2.45, 2.75) is 76.9 Å². The van der Waals surface area contributed by atoms with Crippen molar-refractivity contribution in [3.05, 3.63) is 53.6 Å². The number of benzene rings is 1. The number of hydrogen-bond donors (Lipinski definition) is 2. The van der Waals surface area contributed by atoms with Gasteiger partial charge in [-0.1, -0.05) is 43.4 Å². The Labute approximate surface area is 240 Å². The summed E-state index contributed by atoms with van der Waals surface area (Å²) in [5, 5.41) is 13.1. The van der Waals surface area contributed by atoms with Crippen LogP contribution in [0.25, 0.3) is 0 Å². The molecule has 2 N–H and O–H groups in total. The van der Waals surface area contributed by atoms with Gasteiger partial charge in [-0.2, -0.15) is 0 Å². The summed E-state index contributed by atoms with van der Waals surface area (Å²) in [6.45, 7) is 7.49. The molecule has 2 saturated heterocycles. The summed E-state index contributed by atoms with van der Waals surface area (Å²) >= 11 is 0. The first-order chi connectivity index (χ1) is 19.6. The van der Waals surface area contributed by atoms with E-state index < -0.39 is 53.6 Å². The lowest BCUT2D eigenvalue weighted by molar-refractivity contribution is -0.159. The molecule has 1 aromatic carbocycles. The summed E-state index contributed by atoms with van der Waals surface area (Å²) in [5.41, 5.74) is 1.19. The van der Waals surface area contributed by atoms with Gasteiger partial charge in [-0.25, -0.2) is 0 Å². The number of likely N-dealkylation sites (tertiary alicyclic amines) is 1. The van der Waals surface area contributed by atoms with Crippen LogP contribution >= 0.6 is 0 Å². The van der Waals surface area contributed by atoms with Gasteiger partial charge in [-0.05, 0) is 50.8 Å². The number of anilines is 1. The molecule has 4 aliphatic rings. The molecule has 1 spiro atoms. The normalized spacial score (nSPS) is 33.5. The van der Waals surface area contributed by atoms with Gasteiger partial charge in [-0.3, -0.25) is 19.2 Å². The molecular formula is C31H39N3O7. The van der Waals surface area contributed by atoms with Crippen LogP contribution in [-0.4, -0.2) is 83.3 Å². The number of rotatable bonds is 4. The van der Waals surface area contributed by atoms with E-state index in [1.807, 2.05) is 45.0 Å². The van der Waals surface area contributed by atoms with E-state index in [1.54, 1.807) is 30.1 Å². The van der Waals surface area contributed by atoms with Crippen LogP contribution in [-0.2, 0) is 28.7 Å². The standard InChI is InChI=1S/C31H39N3O7/c1-5-21(17-35)34-27-29(38)33(22-15-18(2)11-12-19(22)3)14-8-13-31(27)26(28(34)37)25-23(41-31)9-6-7-10-24(36)32-16-20(4)40-30(25)39/h6,8-9,11-13,15,20-21,23,25-27,35H,5,7,10,14,16-17H2,1-4H3,(H,32,36)/b9-6-/t20-,21+,23-,25+,26+,27-,31+/m1/s1. The van der Waals surface area contributed by atoms with Crippen LogP contribution in [0.2, 0.25) is 0 Å². The number of hydrogen-bond acceptors (Lipinski definition) is 7. The summed E-state index contributed by atoms with van der Waals surface area (Å²) in [5.74, 6) is -3.55. The highest BCUT2D eigenvalue weighted by atomic mass is 16.6. The third-order valence-electron chi connectivity index (χ3n) is 8.70. The summed E-state index contributed by atoms with van der Waals surface area (Å²) in [7, 11) is 0. The Morgan fingerprint density at radius 3 is 2.66 bits per heavy atom. The summed E-state index contributed by atoms with van der Waals surface area (Å²) in [6, 6.07) is 4.14. The lowest BCUT2D eigenvalue weighted by atomic mass is 9.78. The number of esters is 1. The molecule has 10 heteroatoms. The van der Waals surface area contributed by atoms with Crippen molar-refractivity contribution in [3.8, 4) is 0 Å². The van der Waals surface area contributed by atoms with Gasteiger partial charge in [0, 0.05) is 18.7 Å². The number of amides is 3. The minimum absolute atomic E-state index is 0.149. The van der Waals surface area contributed by atoms with E-state index in [2.05, 4.69) is 5.32 Å². The van der Waals surface area contributed by atoms with Crippen LogP contribution in [0.5, 0.6) is 0 Å². The molecule has 0 bridgehead atoms. The van der Waals surface area contributed by atoms with Crippen molar-refractivity contribution >= 4 is 29.4 Å². The maximum atomic E-state index is 14.6. The molecule has 0 unspecified atom stereocenters. The topological polar surface area (TPSA) is 125 Å². The minimum Gasteiger partial charge on any atom is -0.460 e. The Bertz CT molecular complexity index is 1290. The number of ether oxygens (including phenoxy) is 2. The van der Waals surface area contributed by atoms with Crippen LogP contribution < -0.4 is 10.2 Å². The molecule has 0 aromatic heterocycles. The molecule has 7 atom stereocenters. The molecule has 4 aliphatic heterocycles. The Kier molecular flexibility index (Phi) is 8.07. The van der Waals surface area contributed by atoms with Crippen LogP contribution in [0.1, 0.15) is 44.2 Å². The maximum absolute atomic E-state index is 14.6. The quantitative estimate of drug-likeness (QED) is 0.422. The number of fused-ring (bicyclic) bond motifs is 2. The number of carbonyl (C=O) groups is 4. The summed E-state index contributed by atoms with van der Waals surface area (Å²) in [4.78, 5) is 57.9. The third kappa shape index (κ3) is 4.97. The summed E-state index contributed by atoms with van der Waals surface area (Å²) in [6.07, 6.45) is 6.73.